The van der Waals surface area contributed by atoms with Gasteiger partial charge in [-0.15, -0.1) is 0 Å². The second kappa shape index (κ2) is 28.6. The molecule has 0 amide bonds. The molecule has 9 heteroatoms. The zero-order valence-electron chi connectivity index (χ0n) is 33.3. The van der Waals surface area contributed by atoms with Crippen molar-refractivity contribution in [2.24, 2.45) is 11.3 Å². The number of carbonyl (C=O) groups excluding carboxylic acids is 2. The predicted molar refractivity (Wildman–Crippen MR) is 209 cm³/mol. The van der Waals surface area contributed by atoms with E-state index in [0.29, 0.717) is 53.4 Å². The molecule has 0 aliphatic heterocycles. The second-order valence-electron chi connectivity index (χ2n) is 14.9. The first-order chi connectivity index (χ1) is 24.1. The van der Waals surface area contributed by atoms with Gasteiger partial charge in [0.1, 0.15) is 11.5 Å². The maximum absolute atomic E-state index is 12.3. The first-order valence-corrected chi connectivity index (χ1v) is 19.8. The van der Waals surface area contributed by atoms with E-state index in [9.17, 15) is 14.2 Å². The lowest BCUT2D eigenvalue weighted by atomic mass is 9.84. The van der Waals surface area contributed by atoms with E-state index in [1.54, 1.807) is 44.2 Å². The number of unbranched alkanes of at least 4 members (excludes halogenated alkanes) is 10. The third-order valence-electron chi connectivity index (χ3n) is 8.24. The molecule has 2 aromatic rings. The maximum atomic E-state index is 12.3. The van der Waals surface area contributed by atoms with Crippen LogP contribution in [0.1, 0.15) is 169 Å². The van der Waals surface area contributed by atoms with Gasteiger partial charge in [0.15, 0.2) is 0 Å². The fourth-order valence-electron chi connectivity index (χ4n) is 5.50. The van der Waals surface area contributed by atoms with Crippen molar-refractivity contribution in [3.63, 3.8) is 0 Å². The van der Waals surface area contributed by atoms with Crippen LogP contribution in [0.5, 0.6) is 11.5 Å². The number of carbonyl (C=O) groups is 2. The fraction of sp³-hybridized carbons (Fsp3) is 0.667. The molecule has 0 spiro atoms. The molecule has 8 nitrogen and oxygen atoms in total. The Morgan fingerprint density at radius 2 is 1.08 bits per heavy atom. The lowest BCUT2D eigenvalue weighted by Crippen LogP contribution is -2.11. The van der Waals surface area contributed by atoms with Gasteiger partial charge in [-0.2, -0.15) is 0 Å². The first kappa shape index (κ1) is 48.0. The minimum atomic E-state index is -0.368. The van der Waals surface area contributed by atoms with E-state index < -0.39 is 0 Å². The van der Waals surface area contributed by atoms with Gasteiger partial charge in [0.05, 0.1) is 30.9 Å². The third kappa shape index (κ3) is 25.6. The molecule has 0 bridgehead atoms. The Morgan fingerprint density at radius 3 is 1.47 bits per heavy atom. The van der Waals surface area contributed by atoms with Crippen LogP contribution in [0, 0.1) is 32.1 Å². The highest BCUT2D eigenvalue weighted by Crippen LogP contribution is 2.26. The van der Waals surface area contributed by atoms with E-state index in [2.05, 4.69) is 41.5 Å². The van der Waals surface area contributed by atoms with E-state index in [1.165, 1.54) is 57.8 Å². The van der Waals surface area contributed by atoms with Gasteiger partial charge in [-0.05, 0) is 105 Å². The zero-order valence-corrected chi connectivity index (χ0v) is 34.2. The molecule has 1 atom stereocenters. The van der Waals surface area contributed by atoms with Gasteiger partial charge in [-0.3, -0.25) is 4.52 Å². The summed E-state index contributed by atoms with van der Waals surface area (Å²) >= 11 is 0. The van der Waals surface area contributed by atoms with Gasteiger partial charge in [0.2, 0.25) is 0 Å². The molecule has 0 radical (unpaired) electrons. The van der Waals surface area contributed by atoms with Gasteiger partial charge >= 0.3 is 20.6 Å². The molecule has 0 aromatic heterocycles. The molecule has 0 saturated heterocycles. The Kier molecular flexibility index (Phi) is 26.9. The number of ether oxygens (including phenoxy) is 2. The highest BCUT2D eigenvalue weighted by atomic mass is 31.1. The Hall–Kier alpha value is -2.96. The molecule has 0 fully saturated rings. The van der Waals surface area contributed by atoms with Crippen LogP contribution in [-0.2, 0) is 18.6 Å². The summed E-state index contributed by atoms with van der Waals surface area (Å²) in [4.78, 5) is 24.6. The number of phenols is 2. The number of hydrogen-bond donors (Lipinski definition) is 2. The molecule has 0 saturated carbocycles. The van der Waals surface area contributed by atoms with Crippen LogP contribution in [0.25, 0.3) is 0 Å². The summed E-state index contributed by atoms with van der Waals surface area (Å²) in [6.07, 6.45) is 15.9. The Labute approximate surface area is 311 Å². The summed E-state index contributed by atoms with van der Waals surface area (Å²) in [5.41, 5.74) is 3.47. The summed E-state index contributed by atoms with van der Waals surface area (Å²) in [6.45, 7) is 20.1. The average molecular weight is 733 g/mol. The Balaban J connectivity index is 0.000000922. The monoisotopic (exact) mass is 732 g/mol. The van der Waals surface area contributed by atoms with Gasteiger partial charge in [-0.1, -0.05) is 106 Å². The van der Waals surface area contributed by atoms with Crippen LogP contribution < -0.4 is 0 Å². The van der Waals surface area contributed by atoms with Crippen molar-refractivity contribution in [3.05, 3.63) is 58.1 Å². The van der Waals surface area contributed by atoms with Gasteiger partial charge in [0.25, 0.3) is 0 Å². The molecule has 1 unspecified atom stereocenters. The Bertz CT molecular complexity index is 1160. The van der Waals surface area contributed by atoms with Crippen LogP contribution in [0.15, 0.2) is 30.3 Å². The van der Waals surface area contributed by atoms with Gasteiger partial charge in [-0.25, -0.2) is 14.2 Å². The molecule has 0 heterocycles. The summed E-state index contributed by atoms with van der Waals surface area (Å²) in [6, 6.07) is 8.19. The summed E-state index contributed by atoms with van der Waals surface area (Å²) in [5, 5.41) is 18.2. The van der Waals surface area contributed by atoms with Crippen molar-refractivity contribution in [3.8, 4) is 11.5 Å². The number of hydrogen-bond acceptors (Lipinski definition) is 8. The number of rotatable bonds is 21. The molecule has 0 aliphatic rings. The SMILES string of the molecule is CC(CCOP=O)CC(C)(C)C.CCCCCCCCOC(=O)c1cc(C)cc(C(=O)OCCCCCCCC)c1.Cc1cc(O)c(C)cc1O. The number of phenolic OH excluding ortho intramolecular Hbond substituents is 2. The van der Waals surface area contributed by atoms with Crippen molar-refractivity contribution in [2.75, 3.05) is 19.8 Å². The largest absolute Gasteiger partial charge is 0.508 e. The van der Waals surface area contributed by atoms with E-state index in [-0.39, 0.29) is 32.1 Å². The topological polar surface area (TPSA) is 119 Å². The smallest absolute Gasteiger partial charge is 0.338 e. The molecule has 51 heavy (non-hydrogen) atoms. The van der Waals surface area contributed by atoms with Crippen molar-refractivity contribution in [1.29, 1.82) is 0 Å². The van der Waals surface area contributed by atoms with Gasteiger partial charge in [0, 0.05) is 0 Å². The molecule has 2 aromatic carbocycles. The standard InChI is InChI=1S/C25H40O4.C9H19O2P.C8H10O2/c1-4-6-8-10-12-14-16-28-24(26)22-18-21(3)19-23(20-22)25(27)29-17-15-13-11-9-7-5-2;1-8(5-6-11-12-10)7-9(2,3)4;1-5-3-8(10)6(2)4-7(5)9/h18-20H,4-17H2,1-3H3;8H,5-7H2,1-4H3;3-4,9-10H,1-2H3. The van der Waals surface area contributed by atoms with Crippen molar-refractivity contribution < 1.29 is 38.4 Å². The zero-order chi connectivity index (χ0) is 38.7. The quantitative estimate of drug-likeness (QED) is 0.0563. The van der Waals surface area contributed by atoms with Crippen molar-refractivity contribution in [1.82, 2.24) is 0 Å². The second-order valence-corrected chi connectivity index (χ2v) is 15.3. The number of esters is 2. The molecule has 2 rings (SSSR count). The van der Waals surface area contributed by atoms with Crippen LogP contribution in [-0.4, -0.2) is 42.0 Å². The van der Waals surface area contributed by atoms with Crippen molar-refractivity contribution in [2.45, 2.75) is 152 Å². The lowest BCUT2D eigenvalue weighted by Gasteiger charge is -2.22. The Morgan fingerprint density at radius 1 is 0.667 bits per heavy atom. The van der Waals surface area contributed by atoms with E-state index in [0.717, 1.165) is 37.7 Å². The van der Waals surface area contributed by atoms with Crippen LogP contribution in [0.4, 0.5) is 0 Å². The molecule has 2 N–H and O–H groups in total. The third-order valence-corrected chi connectivity index (χ3v) is 8.53. The number of benzene rings is 2. The van der Waals surface area contributed by atoms with E-state index in [1.807, 2.05) is 6.92 Å². The maximum Gasteiger partial charge on any atom is 0.338 e. The summed E-state index contributed by atoms with van der Waals surface area (Å²) in [5.74, 6) is 0.372. The van der Waals surface area contributed by atoms with Crippen LogP contribution in [0.2, 0.25) is 0 Å². The highest BCUT2D eigenvalue weighted by Gasteiger charge is 2.15. The molecular weight excluding hydrogens is 663 g/mol. The number of aromatic hydroxyl groups is 2. The number of aryl methyl sites for hydroxylation is 3. The fourth-order valence-corrected chi connectivity index (χ4v) is 5.68. The molecule has 0 aliphatic carbocycles. The van der Waals surface area contributed by atoms with Crippen LogP contribution in [0.3, 0.4) is 0 Å². The lowest BCUT2D eigenvalue weighted by molar-refractivity contribution is 0.0495. The summed E-state index contributed by atoms with van der Waals surface area (Å²) < 4.78 is 25.4. The van der Waals surface area contributed by atoms with E-state index in [4.69, 9.17) is 24.2 Å². The molecule has 290 valence electrons. The van der Waals surface area contributed by atoms with Crippen molar-refractivity contribution >= 4 is 20.6 Å². The van der Waals surface area contributed by atoms with Crippen LogP contribution >= 0.6 is 8.69 Å². The summed E-state index contributed by atoms with van der Waals surface area (Å²) in [7, 11) is -0.197. The minimum Gasteiger partial charge on any atom is -0.508 e. The average Bonchev–Trinajstić information content (AvgIpc) is 3.06. The normalized spacial score (nSPS) is 11.5. The highest BCUT2D eigenvalue weighted by molar-refractivity contribution is 7.17. The van der Waals surface area contributed by atoms with E-state index >= 15 is 0 Å². The molecular formula is C42H69O8P. The minimum absolute atomic E-state index is 0.197. The van der Waals surface area contributed by atoms with Gasteiger partial charge < -0.3 is 19.7 Å². The first-order valence-electron chi connectivity index (χ1n) is 19.0. The predicted octanol–water partition coefficient (Wildman–Crippen LogP) is 12.4.